The van der Waals surface area contributed by atoms with Gasteiger partial charge in [0, 0.05) is 33.2 Å². The molecule has 0 fully saturated rings. The molecule has 0 N–H and O–H groups in total. The molecule has 0 spiro atoms. The molecular weight excluding hydrogens is 440 g/mol. The van der Waals surface area contributed by atoms with E-state index in [0.29, 0.717) is 27.5 Å². The summed E-state index contributed by atoms with van der Waals surface area (Å²) in [6, 6.07) is 11.6. The van der Waals surface area contributed by atoms with Crippen LogP contribution in [0.15, 0.2) is 47.8 Å². The van der Waals surface area contributed by atoms with Gasteiger partial charge in [-0.1, -0.05) is 0 Å². The zero-order valence-electron chi connectivity index (χ0n) is 16.5. The molecule has 0 saturated heterocycles. The van der Waals surface area contributed by atoms with Crippen LogP contribution in [0.3, 0.4) is 0 Å². The lowest BCUT2D eigenvalue weighted by Gasteiger charge is -2.08. The normalized spacial score (nSPS) is 10.8. The molecule has 158 valence electrons. The molecule has 0 amide bonds. The van der Waals surface area contributed by atoms with Crippen LogP contribution in [-0.4, -0.2) is 30.1 Å². The summed E-state index contributed by atoms with van der Waals surface area (Å²) in [5.74, 6) is 0.739. The molecule has 31 heavy (non-hydrogen) atoms. The maximum absolute atomic E-state index is 12.4. The van der Waals surface area contributed by atoms with Crippen LogP contribution in [0.4, 0.5) is 5.69 Å². The zero-order chi connectivity index (χ0) is 22.0. The molecule has 0 bridgehead atoms. The molecule has 8 nitrogen and oxygen atoms in total. The number of methoxy groups -OCH3 is 2. The summed E-state index contributed by atoms with van der Waals surface area (Å²) in [6.45, 7) is 0.0248. The Morgan fingerprint density at radius 2 is 1.90 bits per heavy atom. The van der Waals surface area contributed by atoms with Gasteiger partial charge in [0.25, 0.3) is 5.69 Å². The van der Waals surface area contributed by atoms with Crippen molar-refractivity contribution in [1.29, 1.82) is 0 Å². The number of non-ortho nitro benzene ring substituents is 1. The van der Waals surface area contributed by atoms with Crippen molar-refractivity contribution in [2.75, 3.05) is 14.2 Å². The maximum Gasteiger partial charge on any atom is 0.348 e. The Morgan fingerprint density at radius 3 is 2.65 bits per heavy atom. The lowest BCUT2D eigenvalue weighted by Crippen LogP contribution is -2.03. The minimum atomic E-state index is -0.496. The molecule has 0 saturated carbocycles. The Labute approximate surface area is 184 Å². The monoisotopic (exact) mass is 456 g/mol. The van der Waals surface area contributed by atoms with E-state index < -0.39 is 10.9 Å². The number of ether oxygens (including phenoxy) is 3. The molecular formula is C21H16N2O6S2. The van der Waals surface area contributed by atoms with Crippen molar-refractivity contribution < 1.29 is 23.9 Å². The van der Waals surface area contributed by atoms with Gasteiger partial charge in [-0.3, -0.25) is 10.1 Å². The van der Waals surface area contributed by atoms with Crippen molar-refractivity contribution in [2.24, 2.45) is 0 Å². The van der Waals surface area contributed by atoms with E-state index in [1.807, 2.05) is 17.5 Å². The Bertz CT molecular complexity index is 1280. The second-order valence-corrected chi connectivity index (χ2v) is 8.32. The standard InChI is InChI=1S/C21H16N2O6S2/c1-27-16-5-3-12(8-17(16)28-2)20-22-14(11-30-20)10-29-21(24)19-9-13-7-15(23(25)26)4-6-18(13)31-19/h3-9,11H,10H2,1-2H3. The van der Waals surface area contributed by atoms with E-state index in [0.717, 1.165) is 15.3 Å². The van der Waals surface area contributed by atoms with Crippen molar-refractivity contribution >= 4 is 44.4 Å². The second-order valence-electron chi connectivity index (χ2n) is 6.38. The van der Waals surface area contributed by atoms with Crippen LogP contribution in [0.25, 0.3) is 20.7 Å². The van der Waals surface area contributed by atoms with Gasteiger partial charge < -0.3 is 14.2 Å². The number of thiophene rings is 1. The van der Waals surface area contributed by atoms with Crippen molar-refractivity contribution in [3.05, 3.63) is 68.5 Å². The summed E-state index contributed by atoms with van der Waals surface area (Å²) >= 11 is 2.66. The summed E-state index contributed by atoms with van der Waals surface area (Å²) in [7, 11) is 3.14. The molecule has 2 heterocycles. The summed E-state index contributed by atoms with van der Waals surface area (Å²) < 4.78 is 16.7. The predicted molar refractivity (Wildman–Crippen MR) is 118 cm³/mol. The van der Waals surface area contributed by atoms with E-state index in [2.05, 4.69) is 4.98 Å². The number of thiazole rings is 1. The fraction of sp³-hybridized carbons (Fsp3) is 0.143. The minimum Gasteiger partial charge on any atom is -0.493 e. The number of carbonyl (C=O) groups excluding carboxylic acids is 1. The highest BCUT2D eigenvalue weighted by Gasteiger charge is 2.16. The molecule has 0 radical (unpaired) electrons. The van der Waals surface area contributed by atoms with E-state index in [9.17, 15) is 14.9 Å². The Morgan fingerprint density at radius 1 is 1.10 bits per heavy atom. The summed E-state index contributed by atoms with van der Waals surface area (Å²) in [6.07, 6.45) is 0. The SMILES string of the molecule is COc1ccc(-c2nc(COC(=O)c3cc4cc([N+](=O)[O-])ccc4s3)cs2)cc1OC. The van der Waals surface area contributed by atoms with E-state index >= 15 is 0 Å². The van der Waals surface area contributed by atoms with Crippen LogP contribution >= 0.6 is 22.7 Å². The van der Waals surface area contributed by atoms with Crippen molar-refractivity contribution in [2.45, 2.75) is 6.61 Å². The third kappa shape index (κ3) is 4.35. The van der Waals surface area contributed by atoms with Crippen LogP contribution in [0.2, 0.25) is 0 Å². The molecule has 2 aromatic carbocycles. The van der Waals surface area contributed by atoms with Gasteiger partial charge >= 0.3 is 5.97 Å². The lowest BCUT2D eigenvalue weighted by molar-refractivity contribution is -0.384. The molecule has 4 aromatic rings. The van der Waals surface area contributed by atoms with Crippen LogP contribution in [0, 0.1) is 10.1 Å². The number of hydrogen-bond donors (Lipinski definition) is 0. The molecule has 2 aromatic heterocycles. The third-order valence-corrected chi connectivity index (χ3v) is 6.48. The molecule has 10 heteroatoms. The van der Waals surface area contributed by atoms with Crippen LogP contribution in [0.5, 0.6) is 11.5 Å². The van der Waals surface area contributed by atoms with Gasteiger partial charge in [0.1, 0.15) is 16.5 Å². The van der Waals surface area contributed by atoms with Crippen LogP contribution < -0.4 is 9.47 Å². The minimum absolute atomic E-state index is 0.0182. The van der Waals surface area contributed by atoms with Crippen LogP contribution in [0.1, 0.15) is 15.4 Å². The first-order valence-corrected chi connectivity index (χ1v) is 10.7. The number of carbonyl (C=O) groups is 1. The highest BCUT2D eigenvalue weighted by Crippen LogP contribution is 2.34. The Kier molecular flexibility index (Phi) is 5.83. The highest BCUT2D eigenvalue weighted by atomic mass is 32.1. The van der Waals surface area contributed by atoms with Gasteiger partial charge in [-0.15, -0.1) is 22.7 Å². The van der Waals surface area contributed by atoms with Crippen molar-refractivity contribution in [1.82, 2.24) is 4.98 Å². The fourth-order valence-corrected chi connectivity index (χ4v) is 4.67. The highest BCUT2D eigenvalue weighted by molar-refractivity contribution is 7.20. The van der Waals surface area contributed by atoms with E-state index in [1.165, 1.54) is 34.8 Å². The van der Waals surface area contributed by atoms with Gasteiger partial charge in [0.15, 0.2) is 11.5 Å². The third-order valence-electron chi connectivity index (χ3n) is 4.45. The van der Waals surface area contributed by atoms with Gasteiger partial charge in [0.2, 0.25) is 0 Å². The number of nitro benzene ring substituents is 1. The van der Waals surface area contributed by atoms with Gasteiger partial charge in [-0.25, -0.2) is 9.78 Å². The summed E-state index contributed by atoms with van der Waals surface area (Å²) in [5.41, 5.74) is 1.47. The smallest absolute Gasteiger partial charge is 0.348 e. The largest absolute Gasteiger partial charge is 0.493 e. The molecule has 0 aliphatic heterocycles. The number of hydrogen-bond acceptors (Lipinski definition) is 9. The quantitative estimate of drug-likeness (QED) is 0.211. The first kappa shape index (κ1) is 20.8. The number of nitro groups is 1. The molecule has 0 unspecified atom stereocenters. The second kappa shape index (κ2) is 8.70. The number of fused-ring (bicyclic) bond motifs is 1. The number of esters is 1. The maximum atomic E-state index is 12.4. The first-order chi connectivity index (χ1) is 15.0. The first-order valence-electron chi connectivity index (χ1n) is 9.00. The number of rotatable bonds is 7. The van der Waals surface area contributed by atoms with Gasteiger partial charge in [-0.05, 0) is 30.3 Å². The van der Waals surface area contributed by atoms with E-state index in [1.54, 1.807) is 32.4 Å². The Hall–Kier alpha value is -3.50. The molecule has 0 atom stereocenters. The fourth-order valence-electron chi connectivity index (χ4n) is 2.93. The number of benzene rings is 2. The number of nitrogens with zero attached hydrogens (tertiary/aromatic N) is 2. The predicted octanol–water partition coefficient (Wildman–Crippen LogP) is 5.31. The lowest BCUT2D eigenvalue weighted by atomic mass is 10.2. The van der Waals surface area contributed by atoms with Crippen molar-refractivity contribution in [3.8, 4) is 22.1 Å². The zero-order valence-corrected chi connectivity index (χ0v) is 18.1. The van der Waals surface area contributed by atoms with E-state index in [-0.39, 0.29) is 12.3 Å². The summed E-state index contributed by atoms with van der Waals surface area (Å²) in [5, 5.41) is 14.1. The van der Waals surface area contributed by atoms with Crippen LogP contribution in [-0.2, 0) is 11.3 Å². The number of aromatic nitrogens is 1. The topological polar surface area (TPSA) is 101 Å². The molecule has 4 rings (SSSR count). The van der Waals surface area contributed by atoms with Gasteiger partial charge in [0.05, 0.1) is 24.8 Å². The van der Waals surface area contributed by atoms with E-state index in [4.69, 9.17) is 14.2 Å². The molecule has 0 aliphatic rings. The molecule has 0 aliphatic carbocycles. The summed E-state index contributed by atoms with van der Waals surface area (Å²) in [4.78, 5) is 27.8. The van der Waals surface area contributed by atoms with Gasteiger partial charge in [-0.2, -0.15) is 0 Å². The average Bonchev–Trinajstić information content (AvgIpc) is 3.43. The van der Waals surface area contributed by atoms with Crippen molar-refractivity contribution in [3.63, 3.8) is 0 Å². The Balaban J connectivity index is 1.45. The average molecular weight is 457 g/mol.